The molecule has 450 valence electrons. The normalized spacial score (nSPS) is 14.4. The van der Waals surface area contributed by atoms with Crippen LogP contribution in [0.1, 0.15) is 120 Å². The molecule has 3 N–H and O–H groups in total. The molecule has 0 bridgehead atoms. The molecule has 1 aliphatic heterocycles. The summed E-state index contributed by atoms with van der Waals surface area (Å²) in [7, 11) is 0. The number of halogens is 6. The Labute approximate surface area is 490 Å². The maximum absolute atomic E-state index is 14.8. The molecular weight excluding hydrogens is 1120 g/mol. The number of imidazole rings is 3. The topological polar surface area (TPSA) is 195 Å². The molecule has 9 aromatic rings. The smallest absolute Gasteiger partial charge is 0.190 e. The second-order valence-corrected chi connectivity index (χ2v) is 21.4. The molecule has 22 heteroatoms. The number of ketones is 3. The fourth-order valence-electron chi connectivity index (χ4n) is 10.5. The zero-order valence-electron chi connectivity index (χ0n) is 46.9. The lowest BCUT2D eigenvalue weighted by Crippen LogP contribution is -2.37. The number of pyridine rings is 3. The molecule has 7 heterocycles. The van der Waals surface area contributed by atoms with Crippen molar-refractivity contribution >= 4 is 39.6 Å². The van der Waals surface area contributed by atoms with Gasteiger partial charge in [-0.3, -0.25) is 23.2 Å². The largest absolute Gasteiger partial charge is 0.394 e. The molecule has 0 atom stereocenters. The van der Waals surface area contributed by atoms with E-state index in [1.54, 1.807) is 59.4 Å². The van der Waals surface area contributed by atoms with Gasteiger partial charge < -0.3 is 38.8 Å². The Bertz CT molecular complexity index is 3740. The average molecular weight is 1190 g/mol. The highest BCUT2D eigenvalue weighted by atomic mass is 19.2. The van der Waals surface area contributed by atoms with Crippen LogP contribution in [0.3, 0.4) is 0 Å². The summed E-state index contributed by atoms with van der Waals surface area (Å²) in [4.78, 5) is 52.0. The van der Waals surface area contributed by atoms with E-state index < -0.39 is 34.7 Å². The molecule has 16 nitrogen and oxygen atoms in total. The maximum atomic E-state index is 14.8. The van der Waals surface area contributed by atoms with Crippen LogP contribution < -0.4 is 4.90 Å². The summed E-state index contributed by atoms with van der Waals surface area (Å²) in [6.07, 6.45) is 14.4. The van der Waals surface area contributed by atoms with Crippen LogP contribution in [-0.2, 0) is 39.1 Å². The molecule has 0 radical (unpaired) electrons. The summed E-state index contributed by atoms with van der Waals surface area (Å²) >= 11 is 0. The van der Waals surface area contributed by atoms with E-state index in [-0.39, 0.29) is 118 Å². The van der Waals surface area contributed by atoms with Gasteiger partial charge in [0, 0.05) is 71.8 Å². The maximum Gasteiger partial charge on any atom is 0.190 e. The van der Waals surface area contributed by atoms with Crippen LogP contribution in [0.15, 0.2) is 116 Å². The van der Waals surface area contributed by atoms with Crippen molar-refractivity contribution in [3.63, 3.8) is 0 Å². The summed E-state index contributed by atoms with van der Waals surface area (Å²) < 4.78 is 107. The number of rotatable bonds is 24. The number of aliphatic hydroxyl groups excluding tert-OH is 3. The van der Waals surface area contributed by atoms with E-state index in [2.05, 4.69) is 19.9 Å². The number of benzene rings is 3. The van der Waals surface area contributed by atoms with Gasteiger partial charge in [-0.2, -0.15) is 0 Å². The van der Waals surface area contributed by atoms with Crippen molar-refractivity contribution in [3.05, 3.63) is 207 Å². The van der Waals surface area contributed by atoms with Gasteiger partial charge in [-0.1, -0.05) is 36.8 Å². The molecule has 0 amide bonds. The lowest BCUT2D eigenvalue weighted by Gasteiger charge is -2.33. The highest BCUT2D eigenvalue weighted by Crippen LogP contribution is 2.50. The highest BCUT2D eigenvalue weighted by Gasteiger charge is 2.45. The number of hydrogen-bond acceptors (Lipinski definition) is 13. The summed E-state index contributed by atoms with van der Waals surface area (Å²) in [5, 5.41) is 26.4. The van der Waals surface area contributed by atoms with Crippen LogP contribution >= 0.6 is 0 Å². The van der Waals surface area contributed by atoms with Gasteiger partial charge >= 0.3 is 0 Å². The fraction of sp³-hybridized carbons (Fsp3) is 0.344. The van der Waals surface area contributed by atoms with Crippen molar-refractivity contribution in [2.24, 2.45) is 0 Å². The first-order valence-corrected chi connectivity index (χ1v) is 28.3. The van der Waals surface area contributed by atoms with Gasteiger partial charge in [0.05, 0.1) is 82.7 Å². The Kier molecular flexibility index (Phi) is 19.5. The molecule has 2 saturated carbocycles. The van der Waals surface area contributed by atoms with Crippen LogP contribution in [-0.4, -0.2) is 133 Å². The van der Waals surface area contributed by atoms with E-state index in [1.165, 1.54) is 52.4 Å². The first-order chi connectivity index (χ1) is 41.7. The average Bonchev–Trinajstić information content (AvgIpc) is 1.82. The molecular formula is C64H63F6N7O9. The van der Waals surface area contributed by atoms with Crippen LogP contribution in [0.4, 0.5) is 32.0 Å². The van der Waals surface area contributed by atoms with Crippen molar-refractivity contribution in [1.82, 2.24) is 28.2 Å². The van der Waals surface area contributed by atoms with E-state index in [0.717, 1.165) is 61.3 Å². The first kappa shape index (κ1) is 61.0. The molecule has 3 aliphatic rings. The van der Waals surface area contributed by atoms with Crippen LogP contribution in [0, 0.1) is 29.1 Å². The molecule has 12 rings (SSSR count). The summed E-state index contributed by atoms with van der Waals surface area (Å²) in [5.74, 6) is -3.10. The third-order valence-electron chi connectivity index (χ3n) is 15.8. The molecule has 0 spiro atoms. The van der Waals surface area contributed by atoms with Crippen molar-refractivity contribution in [3.8, 4) is 0 Å². The first-order valence-electron chi connectivity index (χ1n) is 28.3. The van der Waals surface area contributed by atoms with Crippen molar-refractivity contribution in [1.29, 1.82) is 0 Å². The van der Waals surface area contributed by atoms with E-state index in [4.69, 9.17) is 29.5 Å². The number of Topliss-reactive ketones (excluding diaryl/α,β-unsaturated/α-hetero) is 3. The molecule has 2 aliphatic carbocycles. The van der Waals surface area contributed by atoms with E-state index in [0.29, 0.717) is 63.7 Å². The molecule has 3 fully saturated rings. The van der Waals surface area contributed by atoms with Crippen LogP contribution in [0.5, 0.6) is 0 Å². The molecule has 1 saturated heterocycles. The minimum Gasteiger partial charge on any atom is -0.394 e. The van der Waals surface area contributed by atoms with Gasteiger partial charge in [0.2, 0.25) is 0 Å². The summed E-state index contributed by atoms with van der Waals surface area (Å²) in [5.41, 5.74) is 5.32. The predicted octanol–water partition coefficient (Wildman–Crippen LogP) is 9.48. The van der Waals surface area contributed by atoms with Gasteiger partial charge in [-0.15, -0.1) is 0 Å². The monoisotopic (exact) mass is 1190 g/mol. The van der Waals surface area contributed by atoms with E-state index in [9.17, 15) is 40.7 Å². The number of anilines is 1. The number of aliphatic hydroxyl groups is 3. The van der Waals surface area contributed by atoms with Crippen molar-refractivity contribution in [2.75, 3.05) is 77.5 Å². The number of alkyl halides is 1. The Morgan fingerprint density at radius 3 is 1.47 bits per heavy atom. The summed E-state index contributed by atoms with van der Waals surface area (Å²) in [6.45, 7) is 0.524. The number of fused-ring (bicyclic) bond motifs is 3. The number of nitrogens with zero attached hydrogens (tertiary/aromatic N) is 7. The van der Waals surface area contributed by atoms with E-state index in [1.807, 2.05) is 12.1 Å². The lowest BCUT2D eigenvalue weighted by atomic mass is 9.80. The van der Waals surface area contributed by atoms with Gasteiger partial charge in [-0.05, 0) is 114 Å². The van der Waals surface area contributed by atoms with Gasteiger partial charge in [-0.25, -0.2) is 41.3 Å². The minimum absolute atomic E-state index is 0.00344. The van der Waals surface area contributed by atoms with E-state index >= 15 is 0 Å². The molecule has 3 aromatic carbocycles. The fourth-order valence-corrected chi connectivity index (χ4v) is 10.5. The van der Waals surface area contributed by atoms with Gasteiger partial charge in [0.25, 0.3) is 0 Å². The Morgan fingerprint density at radius 2 is 1.00 bits per heavy atom. The minimum atomic E-state index is -1.39. The molecule has 86 heavy (non-hydrogen) atoms. The van der Waals surface area contributed by atoms with Crippen LogP contribution in [0.25, 0.3) is 16.6 Å². The Morgan fingerprint density at radius 1 is 0.523 bits per heavy atom. The zero-order valence-corrected chi connectivity index (χ0v) is 46.9. The Hall–Kier alpha value is -8.12. The highest BCUT2D eigenvalue weighted by molar-refractivity contribution is 6.00. The van der Waals surface area contributed by atoms with Crippen molar-refractivity contribution in [2.45, 2.75) is 69.4 Å². The van der Waals surface area contributed by atoms with Gasteiger partial charge in [0.1, 0.15) is 65.6 Å². The zero-order chi connectivity index (χ0) is 60.5. The number of carbonyl (C=O) groups is 3. The summed E-state index contributed by atoms with van der Waals surface area (Å²) in [6, 6.07) is 20.5. The number of ether oxygens (including phenoxy) is 3. The van der Waals surface area contributed by atoms with Gasteiger partial charge in [0.15, 0.2) is 17.3 Å². The number of carbonyl (C=O) groups excluding carboxylic acids is 3. The second-order valence-electron chi connectivity index (χ2n) is 21.4. The number of aromatic nitrogens is 6. The quantitative estimate of drug-likeness (QED) is 0.0294. The lowest BCUT2D eigenvalue weighted by molar-refractivity contribution is 0.0657. The SMILES string of the molecule is O=C(COCCO)c1cc(F)c2cncn2c1Cc1ccc(C2CCC2)cc1F.O=C(COCCO)c1cc(F)c2cncn2c1Cc1ccc(N2CCC2)cc1F.O=C(COCCO)c1ccc2cncn2c1Cc1ccc(C2(F)CC2)cc1F. The second kappa shape index (κ2) is 27.5. The van der Waals surface area contributed by atoms with Crippen molar-refractivity contribution < 1.29 is 70.3 Å². The Balaban J connectivity index is 0.000000143. The predicted molar refractivity (Wildman–Crippen MR) is 305 cm³/mol. The van der Waals surface area contributed by atoms with Crippen LogP contribution in [0.2, 0.25) is 0 Å². The standard InChI is InChI=1S/C22H22F2N2O3.C21H21F2N3O3.C21H20F2N2O3/c23-18-8-15(14-2-1-3-14)4-5-16(18)9-20-17(22(28)12-29-7-6-27)10-19(24)21-11-25-13-26(20)21;22-17-9-15(25-4-1-5-25)3-2-14(17)8-19-16(21(28)12-29-7-6-27)10-18(23)20-11-24-13-26(19)20;22-18-10-15(21(23)5-6-21)2-1-14(18)9-19-17(20(27)12-28-8-7-26)4-3-16-11-24-13-25(16)19/h4-5,8,10-11,13-14,27H,1-3,6-7,9,12H2;2-3,9-11,13,27H,1,4-8,12H2;1-4,10-11,13,26H,5-9,12H2. The molecule has 6 aromatic heterocycles. The molecule has 0 unspecified atom stereocenters. The third-order valence-corrected chi connectivity index (χ3v) is 15.8. The number of hydrogen-bond donors (Lipinski definition) is 3. The third kappa shape index (κ3) is 13.8.